The molecule has 0 fully saturated rings. The van der Waals surface area contributed by atoms with Gasteiger partial charge in [-0.05, 0) is 12.3 Å². The Kier molecular flexibility index (Phi) is 6.45. The first-order valence-electron chi connectivity index (χ1n) is 4.03. The van der Waals surface area contributed by atoms with Gasteiger partial charge in [0.15, 0.2) is 0 Å². The average molecular weight is 142 g/mol. The van der Waals surface area contributed by atoms with Crippen molar-refractivity contribution < 1.29 is 0 Å². The van der Waals surface area contributed by atoms with Crippen molar-refractivity contribution in [3.05, 3.63) is 0 Å². The van der Waals surface area contributed by atoms with Gasteiger partial charge in [0.05, 0.1) is 6.54 Å². The molecule has 0 radical (unpaired) electrons. The van der Waals surface area contributed by atoms with Crippen molar-refractivity contribution in [1.29, 1.82) is 0 Å². The zero-order valence-electron chi connectivity index (χ0n) is 7.30. The first-order valence-corrected chi connectivity index (χ1v) is 4.03. The highest BCUT2D eigenvalue weighted by atomic mass is 15.1. The molecule has 0 aromatic heterocycles. The normalized spacial score (nSPS) is 11.6. The van der Waals surface area contributed by atoms with Crippen molar-refractivity contribution in [2.45, 2.75) is 33.1 Å². The zero-order valence-corrected chi connectivity index (χ0v) is 7.30. The van der Waals surface area contributed by atoms with Gasteiger partial charge in [-0.3, -0.25) is 0 Å². The van der Waals surface area contributed by atoms with E-state index in [4.69, 9.17) is 0 Å². The Labute approximate surface area is 63.7 Å². The second kappa shape index (κ2) is 6.72. The molecule has 0 aromatic rings. The topological polar surface area (TPSA) is 24.7 Å². The highest BCUT2D eigenvalue weighted by Gasteiger charge is 1.92. The Morgan fingerprint density at radius 1 is 1.20 bits per heavy atom. The lowest BCUT2D eigenvalue weighted by Crippen LogP contribution is -1.88. The third kappa shape index (κ3) is 7.60. The Morgan fingerprint density at radius 3 is 2.40 bits per heavy atom. The van der Waals surface area contributed by atoms with Crippen molar-refractivity contribution in [1.82, 2.24) is 0 Å². The molecule has 0 N–H and O–H groups in total. The number of nitrogens with zero attached hydrogens (tertiary/aromatic N) is 2. The highest BCUT2D eigenvalue weighted by Crippen LogP contribution is 2.05. The van der Waals surface area contributed by atoms with Crippen LogP contribution in [0.5, 0.6) is 0 Å². The number of hydrogen-bond acceptors (Lipinski definition) is 2. The molecule has 2 heteroatoms. The molecule has 2 nitrogen and oxygen atoms in total. The van der Waals surface area contributed by atoms with E-state index in [2.05, 4.69) is 24.1 Å². The lowest BCUT2D eigenvalue weighted by atomic mass is 10.1. The summed E-state index contributed by atoms with van der Waals surface area (Å²) in [6, 6.07) is 0. The molecule has 0 aliphatic heterocycles. The molecule has 0 saturated carbocycles. The number of unbranched alkanes of at least 4 members (excludes halogenated alkanes) is 1. The second-order valence-electron chi connectivity index (χ2n) is 2.95. The minimum atomic E-state index is 0.832. The third-order valence-electron chi connectivity index (χ3n) is 1.43. The van der Waals surface area contributed by atoms with Crippen molar-refractivity contribution in [2.75, 3.05) is 13.6 Å². The molecule has 0 spiro atoms. The van der Waals surface area contributed by atoms with Crippen LogP contribution in [0.2, 0.25) is 0 Å². The van der Waals surface area contributed by atoms with E-state index in [9.17, 15) is 0 Å². The van der Waals surface area contributed by atoms with Crippen LogP contribution >= 0.6 is 0 Å². The molecule has 0 unspecified atom stereocenters. The van der Waals surface area contributed by atoms with E-state index in [0.717, 1.165) is 12.5 Å². The van der Waals surface area contributed by atoms with Crippen molar-refractivity contribution >= 4 is 0 Å². The molecule has 0 atom stereocenters. The maximum absolute atomic E-state index is 3.89. The lowest BCUT2D eigenvalue weighted by molar-refractivity contribution is 0.539. The van der Waals surface area contributed by atoms with Gasteiger partial charge in [-0.25, -0.2) is 0 Å². The molecule has 0 aliphatic carbocycles. The van der Waals surface area contributed by atoms with E-state index in [0.29, 0.717) is 0 Å². The van der Waals surface area contributed by atoms with Crippen LogP contribution in [-0.2, 0) is 0 Å². The molecule has 60 valence electrons. The Bertz CT molecular complexity index is 87.3. The standard InChI is InChI=1S/C8H18N2/c1-8(2)6-4-5-7-10-9-3/h8H,4-7H2,1-3H3. The summed E-state index contributed by atoms with van der Waals surface area (Å²) in [6.45, 7) is 5.41. The fourth-order valence-corrected chi connectivity index (χ4v) is 0.835. The SMILES string of the molecule is CN=NCCCCC(C)C. The number of azo groups is 1. The quantitative estimate of drug-likeness (QED) is 0.416. The van der Waals surface area contributed by atoms with Gasteiger partial charge in [-0.1, -0.05) is 26.7 Å². The Hall–Kier alpha value is -0.400. The van der Waals surface area contributed by atoms with Gasteiger partial charge >= 0.3 is 0 Å². The molecule has 0 aliphatic rings. The Morgan fingerprint density at radius 2 is 1.90 bits per heavy atom. The summed E-state index contributed by atoms with van der Waals surface area (Å²) in [6.07, 6.45) is 3.80. The summed E-state index contributed by atoms with van der Waals surface area (Å²) in [5.74, 6) is 0.832. The summed E-state index contributed by atoms with van der Waals surface area (Å²) >= 11 is 0. The molecule has 0 rings (SSSR count). The second-order valence-corrected chi connectivity index (χ2v) is 2.95. The van der Waals surface area contributed by atoms with E-state index < -0.39 is 0 Å². The predicted octanol–water partition coefficient (Wildman–Crippen LogP) is 2.89. The molecular weight excluding hydrogens is 124 g/mol. The smallest absolute Gasteiger partial charge is 0.0598 e. The van der Waals surface area contributed by atoms with E-state index in [1.165, 1.54) is 19.3 Å². The predicted molar refractivity (Wildman–Crippen MR) is 44.3 cm³/mol. The van der Waals surface area contributed by atoms with Gasteiger partial charge in [-0.15, -0.1) is 0 Å². The van der Waals surface area contributed by atoms with Crippen molar-refractivity contribution in [3.63, 3.8) is 0 Å². The van der Waals surface area contributed by atoms with Crippen LogP contribution in [0.1, 0.15) is 33.1 Å². The molecule has 10 heavy (non-hydrogen) atoms. The van der Waals surface area contributed by atoms with Gasteiger partial charge in [0, 0.05) is 7.05 Å². The van der Waals surface area contributed by atoms with Crippen LogP contribution in [0.25, 0.3) is 0 Å². The summed E-state index contributed by atoms with van der Waals surface area (Å²) in [5, 5.41) is 7.57. The number of hydrogen-bond donors (Lipinski definition) is 0. The molecular formula is C8H18N2. The molecule has 0 amide bonds. The van der Waals surface area contributed by atoms with Crippen LogP contribution in [0.4, 0.5) is 0 Å². The minimum Gasteiger partial charge on any atom is -0.198 e. The van der Waals surface area contributed by atoms with Crippen molar-refractivity contribution in [3.8, 4) is 0 Å². The Balaban J connectivity index is 2.91. The highest BCUT2D eigenvalue weighted by molar-refractivity contribution is 4.47. The molecule has 0 aromatic carbocycles. The first kappa shape index (κ1) is 9.60. The average Bonchev–Trinajstić information content (AvgIpc) is 1.87. The summed E-state index contributed by atoms with van der Waals surface area (Å²) in [4.78, 5) is 0. The van der Waals surface area contributed by atoms with Crippen LogP contribution in [-0.4, -0.2) is 13.6 Å². The van der Waals surface area contributed by atoms with Crippen LogP contribution in [0, 0.1) is 5.92 Å². The maximum atomic E-state index is 3.89. The van der Waals surface area contributed by atoms with Crippen LogP contribution in [0.15, 0.2) is 10.2 Å². The van der Waals surface area contributed by atoms with E-state index in [1.807, 2.05) is 0 Å². The third-order valence-corrected chi connectivity index (χ3v) is 1.43. The monoisotopic (exact) mass is 142 g/mol. The first-order chi connectivity index (χ1) is 4.77. The van der Waals surface area contributed by atoms with Crippen LogP contribution in [0.3, 0.4) is 0 Å². The van der Waals surface area contributed by atoms with Crippen molar-refractivity contribution in [2.24, 2.45) is 16.1 Å². The van der Waals surface area contributed by atoms with Gasteiger partial charge in [0.2, 0.25) is 0 Å². The number of rotatable bonds is 5. The largest absolute Gasteiger partial charge is 0.198 e. The van der Waals surface area contributed by atoms with E-state index >= 15 is 0 Å². The summed E-state index contributed by atoms with van der Waals surface area (Å²) in [5.41, 5.74) is 0. The fraction of sp³-hybridized carbons (Fsp3) is 1.00. The summed E-state index contributed by atoms with van der Waals surface area (Å²) < 4.78 is 0. The van der Waals surface area contributed by atoms with Crippen LogP contribution < -0.4 is 0 Å². The molecule has 0 heterocycles. The fourth-order valence-electron chi connectivity index (χ4n) is 0.835. The van der Waals surface area contributed by atoms with Gasteiger partial charge in [-0.2, -0.15) is 10.2 Å². The summed E-state index contributed by atoms with van der Waals surface area (Å²) in [7, 11) is 1.72. The van der Waals surface area contributed by atoms with E-state index in [1.54, 1.807) is 7.05 Å². The molecule has 0 saturated heterocycles. The minimum absolute atomic E-state index is 0.832. The maximum Gasteiger partial charge on any atom is 0.0598 e. The van der Waals surface area contributed by atoms with Gasteiger partial charge in [0.1, 0.15) is 0 Å². The lowest BCUT2D eigenvalue weighted by Gasteiger charge is -2.00. The van der Waals surface area contributed by atoms with Gasteiger partial charge in [0.25, 0.3) is 0 Å². The van der Waals surface area contributed by atoms with Gasteiger partial charge < -0.3 is 0 Å². The van der Waals surface area contributed by atoms with E-state index in [-0.39, 0.29) is 0 Å². The molecule has 0 bridgehead atoms. The zero-order chi connectivity index (χ0) is 7.82.